The number of hydrogen-bond acceptors (Lipinski definition) is 4. The van der Waals surface area contributed by atoms with Crippen molar-refractivity contribution in [1.29, 1.82) is 0 Å². The number of anilines is 2. The van der Waals surface area contributed by atoms with Crippen LogP contribution in [-0.2, 0) is 4.74 Å². The van der Waals surface area contributed by atoms with Gasteiger partial charge in [-0.05, 0) is 39.0 Å². The maximum absolute atomic E-state index is 11.6. The fraction of sp³-hybridized carbons (Fsp3) is 0.500. The molecule has 1 saturated heterocycles. The quantitative estimate of drug-likeness (QED) is 0.801. The van der Waals surface area contributed by atoms with Gasteiger partial charge in [-0.1, -0.05) is 6.07 Å². The standard InChI is InChI=1S/C14H21N3O2/c1-14(2,3)19-13(18)16-11-8-17(9-11)12-6-4-5-10(15)7-12/h4-7,11H,8-9,15H2,1-3H3,(H,16,18). The lowest BCUT2D eigenvalue weighted by molar-refractivity contribution is 0.0496. The highest BCUT2D eigenvalue weighted by atomic mass is 16.6. The Morgan fingerprint density at radius 3 is 2.68 bits per heavy atom. The molecule has 1 heterocycles. The molecule has 3 N–H and O–H groups in total. The zero-order valence-electron chi connectivity index (χ0n) is 11.6. The number of nitrogens with zero attached hydrogens (tertiary/aromatic N) is 1. The van der Waals surface area contributed by atoms with Gasteiger partial charge in [-0.3, -0.25) is 0 Å². The van der Waals surface area contributed by atoms with Crippen molar-refractivity contribution in [3.8, 4) is 0 Å². The average molecular weight is 263 g/mol. The molecule has 1 fully saturated rings. The highest BCUT2D eigenvalue weighted by Gasteiger charge is 2.29. The zero-order chi connectivity index (χ0) is 14.0. The second-order valence-corrected chi connectivity index (χ2v) is 5.84. The van der Waals surface area contributed by atoms with Crippen molar-refractivity contribution in [2.24, 2.45) is 0 Å². The minimum Gasteiger partial charge on any atom is -0.444 e. The number of benzene rings is 1. The van der Waals surface area contributed by atoms with Crippen LogP contribution in [0.3, 0.4) is 0 Å². The Hall–Kier alpha value is -1.91. The summed E-state index contributed by atoms with van der Waals surface area (Å²) < 4.78 is 5.22. The van der Waals surface area contributed by atoms with E-state index in [4.69, 9.17) is 10.5 Å². The molecule has 104 valence electrons. The molecule has 1 aromatic rings. The van der Waals surface area contributed by atoms with Gasteiger partial charge in [-0.2, -0.15) is 0 Å². The summed E-state index contributed by atoms with van der Waals surface area (Å²) in [6.45, 7) is 7.12. The van der Waals surface area contributed by atoms with Crippen molar-refractivity contribution < 1.29 is 9.53 Å². The highest BCUT2D eigenvalue weighted by molar-refractivity contribution is 5.69. The summed E-state index contributed by atoms with van der Waals surface area (Å²) in [5.74, 6) is 0. The molecule has 19 heavy (non-hydrogen) atoms. The molecule has 5 nitrogen and oxygen atoms in total. The third-order valence-electron chi connectivity index (χ3n) is 2.84. The molecule has 1 aliphatic heterocycles. The molecule has 0 saturated carbocycles. The van der Waals surface area contributed by atoms with Crippen molar-refractivity contribution in [2.75, 3.05) is 23.7 Å². The van der Waals surface area contributed by atoms with Gasteiger partial charge in [0.1, 0.15) is 5.60 Å². The number of nitrogens with two attached hydrogens (primary N) is 1. The fourth-order valence-electron chi connectivity index (χ4n) is 1.98. The van der Waals surface area contributed by atoms with Crippen LogP contribution in [0.5, 0.6) is 0 Å². The van der Waals surface area contributed by atoms with E-state index in [0.29, 0.717) is 0 Å². The number of nitrogens with one attached hydrogen (secondary N) is 1. The van der Waals surface area contributed by atoms with E-state index in [2.05, 4.69) is 10.2 Å². The summed E-state index contributed by atoms with van der Waals surface area (Å²) in [7, 11) is 0. The monoisotopic (exact) mass is 263 g/mol. The molecular formula is C14H21N3O2. The number of rotatable bonds is 2. The van der Waals surface area contributed by atoms with Gasteiger partial charge in [-0.25, -0.2) is 4.79 Å². The maximum atomic E-state index is 11.6. The summed E-state index contributed by atoms with van der Waals surface area (Å²) in [5.41, 5.74) is 7.12. The minimum atomic E-state index is -0.457. The van der Waals surface area contributed by atoms with Crippen LogP contribution in [-0.4, -0.2) is 30.8 Å². The third kappa shape index (κ3) is 3.77. The van der Waals surface area contributed by atoms with Crippen LogP contribution in [0, 0.1) is 0 Å². The molecule has 1 amide bonds. The number of carbonyl (C=O) groups excluding carboxylic acids is 1. The third-order valence-corrected chi connectivity index (χ3v) is 2.84. The first kappa shape index (κ1) is 13.5. The van der Waals surface area contributed by atoms with Crippen LogP contribution in [0.4, 0.5) is 16.2 Å². The van der Waals surface area contributed by atoms with Crippen LogP contribution in [0.1, 0.15) is 20.8 Å². The van der Waals surface area contributed by atoms with E-state index in [9.17, 15) is 4.79 Å². The number of carbonyl (C=O) groups is 1. The lowest BCUT2D eigenvalue weighted by atomic mass is 10.1. The Labute approximate surface area is 113 Å². The van der Waals surface area contributed by atoms with E-state index in [1.807, 2.05) is 45.0 Å². The van der Waals surface area contributed by atoms with E-state index in [1.165, 1.54) is 0 Å². The normalized spacial score (nSPS) is 15.8. The lowest BCUT2D eigenvalue weighted by Gasteiger charge is -2.41. The summed E-state index contributed by atoms with van der Waals surface area (Å²) >= 11 is 0. The topological polar surface area (TPSA) is 67.6 Å². The van der Waals surface area contributed by atoms with Gasteiger partial charge in [0.05, 0.1) is 6.04 Å². The molecule has 0 aromatic heterocycles. The summed E-state index contributed by atoms with van der Waals surface area (Å²) in [6, 6.07) is 7.87. The number of alkyl carbamates (subject to hydrolysis) is 1. The van der Waals surface area contributed by atoms with Crippen molar-refractivity contribution >= 4 is 17.5 Å². The van der Waals surface area contributed by atoms with Gasteiger partial charge < -0.3 is 20.7 Å². The van der Waals surface area contributed by atoms with Gasteiger partial charge in [-0.15, -0.1) is 0 Å². The second kappa shape index (κ2) is 4.99. The van der Waals surface area contributed by atoms with E-state index in [-0.39, 0.29) is 12.1 Å². The molecule has 0 bridgehead atoms. The summed E-state index contributed by atoms with van der Waals surface area (Å²) in [5, 5.41) is 2.85. The number of nitrogen functional groups attached to an aromatic ring is 1. The lowest BCUT2D eigenvalue weighted by Crippen LogP contribution is -2.60. The number of ether oxygens (including phenoxy) is 1. The molecule has 0 aliphatic carbocycles. The van der Waals surface area contributed by atoms with Crippen LogP contribution < -0.4 is 16.0 Å². The molecule has 0 radical (unpaired) electrons. The summed E-state index contributed by atoms with van der Waals surface area (Å²) in [6.07, 6.45) is -0.357. The number of amides is 1. The molecule has 0 spiro atoms. The smallest absolute Gasteiger partial charge is 0.407 e. The van der Waals surface area contributed by atoms with Crippen LogP contribution in [0.15, 0.2) is 24.3 Å². The minimum absolute atomic E-state index is 0.135. The van der Waals surface area contributed by atoms with Gasteiger partial charge in [0, 0.05) is 24.5 Å². The Morgan fingerprint density at radius 2 is 2.11 bits per heavy atom. The van der Waals surface area contributed by atoms with Gasteiger partial charge in [0.2, 0.25) is 0 Å². The Morgan fingerprint density at radius 1 is 1.42 bits per heavy atom. The first-order chi connectivity index (χ1) is 8.83. The summed E-state index contributed by atoms with van der Waals surface area (Å²) in [4.78, 5) is 13.8. The molecule has 0 unspecified atom stereocenters. The molecule has 1 aliphatic rings. The second-order valence-electron chi connectivity index (χ2n) is 5.84. The molecule has 5 heteroatoms. The van der Waals surface area contributed by atoms with Crippen LogP contribution in [0.2, 0.25) is 0 Å². The van der Waals surface area contributed by atoms with Crippen molar-refractivity contribution in [3.05, 3.63) is 24.3 Å². The van der Waals surface area contributed by atoms with Gasteiger partial charge in [0.15, 0.2) is 0 Å². The molecular weight excluding hydrogens is 242 g/mol. The number of hydrogen-bond donors (Lipinski definition) is 2. The van der Waals surface area contributed by atoms with Gasteiger partial charge in [0.25, 0.3) is 0 Å². The largest absolute Gasteiger partial charge is 0.444 e. The van der Waals surface area contributed by atoms with E-state index in [1.54, 1.807) is 0 Å². The Kier molecular flexibility index (Phi) is 3.55. The highest BCUT2D eigenvalue weighted by Crippen LogP contribution is 2.22. The molecule has 1 aromatic carbocycles. The van der Waals surface area contributed by atoms with E-state index in [0.717, 1.165) is 24.5 Å². The van der Waals surface area contributed by atoms with Crippen molar-refractivity contribution in [2.45, 2.75) is 32.4 Å². The van der Waals surface area contributed by atoms with Crippen LogP contribution >= 0.6 is 0 Å². The fourth-order valence-corrected chi connectivity index (χ4v) is 1.98. The SMILES string of the molecule is CC(C)(C)OC(=O)NC1CN(c2cccc(N)c2)C1. The van der Waals surface area contributed by atoms with Crippen molar-refractivity contribution in [1.82, 2.24) is 5.32 Å². The van der Waals surface area contributed by atoms with Crippen molar-refractivity contribution in [3.63, 3.8) is 0 Å². The zero-order valence-corrected chi connectivity index (χ0v) is 11.6. The predicted molar refractivity (Wildman–Crippen MR) is 76.2 cm³/mol. The van der Waals surface area contributed by atoms with Crippen LogP contribution in [0.25, 0.3) is 0 Å². The first-order valence-electron chi connectivity index (χ1n) is 6.43. The predicted octanol–water partition coefficient (Wildman–Crippen LogP) is 1.98. The van der Waals surface area contributed by atoms with E-state index < -0.39 is 5.60 Å². The average Bonchev–Trinajstić information content (AvgIpc) is 2.20. The van der Waals surface area contributed by atoms with Gasteiger partial charge >= 0.3 is 6.09 Å². The molecule has 2 rings (SSSR count). The first-order valence-corrected chi connectivity index (χ1v) is 6.43. The molecule has 0 atom stereocenters. The Balaban J connectivity index is 1.79. The van der Waals surface area contributed by atoms with E-state index >= 15 is 0 Å². The maximum Gasteiger partial charge on any atom is 0.407 e. The Bertz CT molecular complexity index is 462.